The van der Waals surface area contributed by atoms with Gasteiger partial charge in [0.15, 0.2) is 0 Å². The van der Waals surface area contributed by atoms with Crippen LogP contribution in [0.2, 0.25) is 0 Å². The third-order valence-corrected chi connectivity index (χ3v) is 3.31. The largest absolute Gasteiger partial charge is 0.317 e. The van der Waals surface area contributed by atoms with Gasteiger partial charge in [0.25, 0.3) is 0 Å². The van der Waals surface area contributed by atoms with E-state index in [0.717, 1.165) is 13.1 Å². The van der Waals surface area contributed by atoms with Gasteiger partial charge in [-0.25, -0.2) is 0 Å². The number of hydrogen-bond acceptors (Lipinski definition) is 1. The summed E-state index contributed by atoms with van der Waals surface area (Å²) in [6, 6.07) is 15.4. The van der Waals surface area contributed by atoms with Gasteiger partial charge in [0.05, 0.1) is 0 Å². The van der Waals surface area contributed by atoms with Crippen LogP contribution in [0.15, 0.2) is 42.5 Å². The standard InChI is InChI=1S/C17H23N/c1-2-12-18-13-6-5-7-15-10-11-16-8-3-4-9-17(16)14-15/h3-4,8-11,14,18H,2,5-7,12-13H2,1H3. The summed E-state index contributed by atoms with van der Waals surface area (Å²) in [6.45, 7) is 4.51. The maximum atomic E-state index is 3.45. The molecule has 0 saturated heterocycles. The fraction of sp³-hybridized carbons (Fsp3) is 0.412. The second-order valence-electron chi connectivity index (χ2n) is 4.89. The van der Waals surface area contributed by atoms with Gasteiger partial charge in [-0.2, -0.15) is 0 Å². The molecule has 0 spiro atoms. The summed E-state index contributed by atoms with van der Waals surface area (Å²) in [5.74, 6) is 0. The van der Waals surface area contributed by atoms with Gasteiger partial charge in [0.1, 0.15) is 0 Å². The van der Waals surface area contributed by atoms with Crippen LogP contribution in [0, 0.1) is 0 Å². The summed E-state index contributed by atoms with van der Waals surface area (Å²) in [4.78, 5) is 0. The minimum Gasteiger partial charge on any atom is -0.317 e. The molecule has 0 radical (unpaired) electrons. The molecule has 18 heavy (non-hydrogen) atoms. The highest BCUT2D eigenvalue weighted by Crippen LogP contribution is 2.16. The van der Waals surface area contributed by atoms with Gasteiger partial charge in [-0.05, 0) is 55.1 Å². The molecule has 96 valence electrons. The minimum atomic E-state index is 1.15. The molecule has 0 aliphatic heterocycles. The first-order valence-electron chi connectivity index (χ1n) is 7.08. The van der Waals surface area contributed by atoms with Gasteiger partial charge in [-0.15, -0.1) is 0 Å². The van der Waals surface area contributed by atoms with Crippen molar-refractivity contribution in [1.82, 2.24) is 5.32 Å². The third kappa shape index (κ3) is 3.85. The maximum Gasteiger partial charge on any atom is -0.00488 e. The molecule has 0 aliphatic rings. The average molecular weight is 241 g/mol. The summed E-state index contributed by atoms with van der Waals surface area (Å²) in [5, 5.41) is 6.15. The highest BCUT2D eigenvalue weighted by molar-refractivity contribution is 5.82. The lowest BCUT2D eigenvalue weighted by Gasteiger charge is -2.05. The number of fused-ring (bicyclic) bond motifs is 1. The number of aryl methyl sites for hydroxylation is 1. The second-order valence-corrected chi connectivity index (χ2v) is 4.89. The molecule has 1 nitrogen and oxygen atoms in total. The second kappa shape index (κ2) is 7.17. The number of hydrogen-bond donors (Lipinski definition) is 1. The number of benzene rings is 2. The van der Waals surface area contributed by atoms with Crippen molar-refractivity contribution >= 4 is 10.8 Å². The number of unbranched alkanes of at least 4 members (excludes halogenated alkanes) is 1. The average Bonchev–Trinajstić information content (AvgIpc) is 2.42. The SMILES string of the molecule is CCCNCCCCc1ccc2ccccc2c1. The molecule has 1 N–H and O–H groups in total. The Morgan fingerprint density at radius 2 is 1.72 bits per heavy atom. The van der Waals surface area contributed by atoms with Gasteiger partial charge in [-0.1, -0.05) is 49.4 Å². The van der Waals surface area contributed by atoms with Crippen molar-refractivity contribution in [2.45, 2.75) is 32.6 Å². The maximum absolute atomic E-state index is 3.45. The fourth-order valence-corrected chi connectivity index (χ4v) is 2.28. The Balaban J connectivity index is 1.81. The van der Waals surface area contributed by atoms with E-state index in [0.29, 0.717) is 0 Å². The van der Waals surface area contributed by atoms with Crippen molar-refractivity contribution in [2.75, 3.05) is 13.1 Å². The van der Waals surface area contributed by atoms with E-state index in [1.807, 2.05) is 0 Å². The first-order valence-corrected chi connectivity index (χ1v) is 7.08. The molecule has 0 bridgehead atoms. The van der Waals surface area contributed by atoms with Crippen molar-refractivity contribution < 1.29 is 0 Å². The van der Waals surface area contributed by atoms with Gasteiger partial charge < -0.3 is 5.32 Å². The first-order chi connectivity index (χ1) is 8.90. The fourth-order valence-electron chi connectivity index (χ4n) is 2.28. The van der Waals surface area contributed by atoms with Crippen molar-refractivity contribution in [3.8, 4) is 0 Å². The highest BCUT2D eigenvalue weighted by atomic mass is 14.8. The summed E-state index contributed by atoms with van der Waals surface area (Å²) >= 11 is 0. The zero-order valence-corrected chi connectivity index (χ0v) is 11.3. The van der Waals surface area contributed by atoms with E-state index in [1.54, 1.807) is 0 Å². The molecule has 0 heterocycles. The molecule has 0 amide bonds. The van der Waals surface area contributed by atoms with Crippen molar-refractivity contribution in [3.63, 3.8) is 0 Å². The van der Waals surface area contributed by atoms with E-state index in [4.69, 9.17) is 0 Å². The number of rotatable bonds is 7. The molecule has 0 aromatic heterocycles. The summed E-state index contributed by atoms with van der Waals surface area (Å²) in [5.41, 5.74) is 1.46. The van der Waals surface area contributed by atoms with E-state index < -0.39 is 0 Å². The van der Waals surface area contributed by atoms with Crippen LogP contribution in [0.3, 0.4) is 0 Å². The molecule has 0 atom stereocenters. The molecular weight excluding hydrogens is 218 g/mol. The van der Waals surface area contributed by atoms with Gasteiger partial charge in [0.2, 0.25) is 0 Å². The zero-order valence-electron chi connectivity index (χ0n) is 11.3. The zero-order chi connectivity index (χ0) is 12.6. The van der Waals surface area contributed by atoms with Gasteiger partial charge in [-0.3, -0.25) is 0 Å². The summed E-state index contributed by atoms with van der Waals surface area (Å²) < 4.78 is 0. The van der Waals surface area contributed by atoms with E-state index in [2.05, 4.69) is 54.7 Å². The van der Waals surface area contributed by atoms with Crippen LogP contribution >= 0.6 is 0 Å². The lowest BCUT2D eigenvalue weighted by atomic mass is 10.0. The Morgan fingerprint density at radius 3 is 2.56 bits per heavy atom. The highest BCUT2D eigenvalue weighted by Gasteiger charge is 1.96. The third-order valence-electron chi connectivity index (χ3n) is 3.31. The molecule has 0 unspecified atom stereocenters. The van der Waals surface area contributed by atoms with E-state index >= 15 is 0 Å². The van der Waals surface area contributed by atoms with Crippen LogP contribution in [0.25, 0.3) is 10.8 Å². The van der Waals surface area contributed by atoms with Crippen molar-refractivity contribution in [1.29, 1.82) is 0 Å². The van der Waals surface area contributed by atoms with E-state index in [9.17, 15) is 0 Å². The van der Waals surface area contributed by atoms with Crippen LogP contribution in [0.5, 0.6) is 0 Å². The summed E-state index contributed by atoms with van der Waals surface area (Å²) in [7, 11) is 0. The van der Waals surface area contributed by atoms with Crippen LogP contribution in [-0.4, -0.2) is 13.1 Å². The molecule has 2 aromatic carbocycles. The molecule has 0 fully saturated rings. The van der Waals surface area contributed by atoms with Crippen molar-refractivity contribution in [3.05, 3.63) is 48.0 Å². The monoisotopic (exact) mass is 241 g/mol. The normalized spacial score (nSPS) is 10.9. The van der Waals surface area contributed by atoms with E-state index in [1.165, 1.54) is 42.0 Å². The smallest absolute Gasteiger partial charge is 0.00488 e. The Hall–Kier alpha value is -1.34. The molecule has 1 heteroatoms. The molecule has 0 saturated carbocycles. The summed E-state index contributed by atoms with van der Waals surface area (Å²) in [6.07, 6.45) is 4.96. The Labute approximate surface area is 110 Å². The Bertz CT molecular complexity index is 476. The van der Waals surface area contributed by atoms with Crippen LogP contribution < -0.4 is 5.32 Å². The predicted octanol–water partition coefficient (Wildman–Crippen LogP) is 4.16. The molecule has 2 rings (SSSR count). The Kier molecular flexibility index (Phi) is 5.22. The van der Waals surface area contributed by atoms with Crippen LogP contribution in [0.1, 0.15) is 31.7 Å². The van der Waals surface area contributed by atoms with Gasteiger partial charge in [0, 0.05) is 0 Å². The lowest BCUT2D eigenvalue weighted by Crippen LogP contribution is -2.15. The van der Waals surface area contributed by atoms with Crippen LogP contribution in [0.4, 0.5) is 0 Å². The van der Waals surface area contributed by atoms with Crippen LogP contribution in [-0.2, 0) is 6.42 Å². The minimum absolute atomic E-state index is 1.15. The quantitative estimate of drug-likeness (QED) is 0.718. The van der Waals surface area contributed by atoms with Crippen molar-refractivity contribution in [2.24, 2.45) is 0 Å². The van der Waals surface area contributed by atoms with Gasteiger partial charge >= 0.3 is 0 Å². The molecule has 2 aromatic rings. The molecular formula is C17H23N. The number of nitrogens with one attached hydrogen (secondary N) is 1. The Morgan fingerprint density at radius 1 is 0.889 bits per heavy atom. The topological polar surface area (TPSA) is 12.0 Å². The lowest BCUT2D eigenvalue weighted by molar-refractivity contribution is 0.617. The first kappa shape index (κ1) is 13.1. The predicted molar refractivity (Wildman–Crippen MR) is 80.0 cm³/mol. The molecule has 0 aliphatic carbocycles. The van der Waals surface area contributed by atoms with E-state index in [-0.39, 0.29) is 0 Å².